The molecule has 4 aliphatic carbocycles. The van der Waals surface area contributed by atoms with Crippen LogP contribution in [0.3, 0.4) is 0 Å². The number of carbonyl (C=O) groups is 2. The summed E-state index contributed by atoms with van der Waals surface area (Å²) < 4.78 is 5.54. The Morgan fingerprint density at radius 1 is 1.00 bits per heavy atom. The van der Waals surface area contributed by atoms with Crippen molar-refractivity contribution in [2.45, 2.75) is 95.4 Å². The maximum absolute atomic E-state index is 12.3. The molecule has 4 rings (SSSR count). The number of hydrogen-bond donors (Lipinski definition) is 0. The van der Waals surface area contributed by atoms with Crippen LogP contribution in [0.5, 0.6) is 0 Å². The van der Waals surface area contributed by atoms with E-state index in [1.54, 1.807) is 6.92 Å². The highest BCUT2D eigenvalue weighted by Crippen LogP contribution is 2.70. The minimum absolute atomic E-state index is 0.0455. The van der Waals surface area contributed by atoms with E-state index in [1.165, 1.54) is 6.92 Å². The molecule has 5 heteroatoms. The number of alkyl halides is 2. The van der Waals surface area contributed by atoms with Gasteiger partial charge in [0.2, 0.25) is 0 Å². The summed E-state index contributed by atoms with van der Waals surface area (Å²) in [5, 5.41) is -0.127. The smallest absolute Gasteiger partial charge is 0.302 e. The fraction of sp³-hybridized carbons (Fsp3) is 0.913. The van der Waals surface area contributed by atoms with Crippen molar-refractivity contribution >= 4 is 35.0 Å². The largest absolute Gasteiger partial charge is 0.462 e. The van der Waals surface area contributed by atoms with Crippen LogP contribution in [-0.2, 0) is 14.3 Å². The van der Waals surface area contributed by atoms with Crippen LogP contribution < -0.4 is 0 Å². The molecule has 0 N–H and O–H groups in total. The topological polar surface area (TPSA) is 43.4 Å². The Bertz CT molecular complexity index is 681. The lowest BCUT2D eigenvalue weighted by Crippen LogP contribution is -2.65. The second kappa shape index (κ2) is 6.87. The fourth-order valence-electron chi connectivity index (χ4n) is 8.15. The van der Waals surface area contributed by atoms with Crippen LogP contribution in [-0.4, -0.2) is 28.1 Å². The third-order valence-electron chi connectivity index (χ3n) is 9.51. The van der Waals surface area contributed by atoms with Crippen molar-refractivity contribution < 1.29 is 14.3 Å². The number of Topliss-reactive ketones (excluding diaryl/α,β-unsaturated/α-hetero) is 1. The molecule has 9 atom stereocenters. The lowest BCUT2D eigenvalue weighted by Gasteiger charge is -2.65. The average Bonchev–Trinajstić information content (AvgIpc) is 2.95. The number of esters is 1. The SMILES string of the molecule is CC(=O)O[C@H]1CC[C@]2(C)[C@H]3CC[C@]4(C)[C@@H](C(C)=O)CC[C@H]4[C@@H]3C[C@@H](Cl)[C@@]2(Cl)C1. The summed E-state index contributed by atoms with van der Waals surface area (Å²) in [4.78, 5) is 23.3. The zero-order valence-electron chi connectivity index (χ0n) is 17.6. The highest BCUT2D eigenvalue weighted by atomic mass is 35.5. The van der Waals surface area contributed by atoms with E-state index in [0.29, 0.717) is 30.0 Å². The van der Waals surface area contributed by atoms with Crippen LogP contribution in [0, 0.1) is 34.5 Å². The van der Waals surface area contributed by atoms with Crippen LogP contribution in [0.15, 0.2) is 0 Å². The molecule has 0 heterocycles. The van der Waals surface area contributed by atoms with E-state index in [9.17, 15) is 9.59 Å². The lowest BCUT2D eigenvalue weighted by atomic mass is 9.44. The first-order valence-electron chi connectivity index (χ1n) is 11.0. The molecule has 0 saturated heterocycles. The molecule has 4 fully saturated rings. The summed E-state index contributed by atoms with van der Waals surface area (Å²) in [6, 6.07) is 0. The maximum Gasteiger partial charge on any atom is 0.302 e. The second-order valence-corrected chi connectivity index (χ2v) is 11.8. The van der Waals surface area contributed by atoms with Crippen LogP contribution in [0.2, 0.25) is 0 Å². The minimum atomic E-state index is -0.527. The zero-order chi connectivity index (χ0) is 20.5. The van der Waals surface area contributed by atoms with Crippen LogP contribution in [0.4, 0.5) is 0 Å². The van der Waals surface area contributed by atoms with Crippen molar-refractivity contribution in [3.63, 3.8) is 0 Å². The standard InChI is InChI=1S/C23H34Cl2O3/c1-13(26)17-5-6-18-16-11-20(24)23(25)12-15(28-14(2)27)7-10-22(23,4)19(16)8-9-21(17,18)3/h15-20H,5-12H2,1-4H3/t15-,16-,17+,18-,19-,20+,21+,22+,23-/m0/s1. The molecule has 0 aromatic heterocycles. The third-order valence-corrected chi connectivity index (χ3v) is 11.0. The van der Waals surface area contributed by atoms with Crippen molar-refractivity contribution in [3.05, 3.63) is 0 Å². The van der Waals surface area contributed by atoms with E-state index in [-0.39, 0.29) is 34.2 Å². The first-order chi connectivity index (χ1) is 13.0. The molecular formula is C23H34Cl2O3. The van der Waals surface area contributed by atoms with Crippen molar-refractivity contribution in [1.29, 1.82) is 0 Å². The Balaban J connectivity index is 1.63. The molecule has 0 spiro atoms. The van der Waals surface area contributed by atoms with Crippen molar-refractivity contribution in [2.75, 3.05) is 0 Å². The van der Waals surface area contributed by atoms with Gasteiger partial charge in [-0.25, -0.2) is 0 Å². The second-order valence-electron chi connectivity index (χ2n) is 10.6. The number of ketones is 1. The average molecular weight is 429 g/mol. The predicted octanol–water partition coefficient (Wildman–Crippen LogP) is 5.74. The highest BCUT2D eigenvalue weighted by molar-refractivity contribution is 6.33. The summed E-state index contributed by atoms with van der Waals surface area (Å²) in [6.45, 7) is 7.95. The number of carbonyl (C=O) groups excluding carboxylic acids is 2. The van der Waals surface area contributed by atoms with Crippen molar-refractivity contribution in [3.8, 4) is 0 Å². The Hall–Kier alpha value is -0.280. The van der Waals surface area contributed by atoms with E-state index >= 15 is 0 Å². The van der Waals surface area contributed by atoms with Gasteiger partial charge in [0.1, 0.15) is 11.9 Å². The summed E-state index contributed by atoms with van der Waals surface area (Å²) in [5.74, 6) is 2.01. The molecule has 3 nitrogen and oxygen atoms in total. The third kappa shape index (κ3) is 2.82. The van der Waals surface area contributed by atoms with Gasteiger partial charge in [0, 0.05) is 19.3 Å². The molecule has 0 aromatic rings. The molecule has 28 heavy (non-hydrogen) atoms. The predicted molar refractivity (Wildman–Crippen MR) is 112 cm³/mol. The molecule has 158 valence electrons. The monoisotopic (exact) mass is 428 g/mol. The molecule has 0 aromatic carbocycles. The van der Waals surface area contributed by atoms with Crippen LogP contribution in [0.25, 0.3) is 0 Å². The molecular weight excluding hydrogens is 395 g/mol. The first kappa shape index (κ1) is 21.0. The molecule has 4 saturated carbocycles. The molecule has 0 unspecified atom stereocenters. The van der Waals surface area contributed by atoms with Gasteiger partial charge in [0.25, 0.3) is 0 Å². The highest BCUT2D eigenvalue weighted by Gasteiger charge is 2.67. The molecule has 0 aliphatic heterocycles. The number of hydrogen-bond acceptors (Lipinski definition) is 3. The number of rotatable bonds is 2. The molecule has 0 amide bonds. The molecule has 0 bridgehead atoms. The van der Waals surface area contributed by atoms with Gasteiger partial charge < -0.3 is 4.74 Å². The quantitative estimate of drug-likeness (QED) is 0.415. The normalized spacial score (nSPS) is 52.9. The maximum atomic E-state index is 12.3. The lowest BCUT2D eigenvalue weighted by molar-refractivity contribution is -0.157. The van der Waals surface area contributed by atoms with E-state index in [4.69, 9.17) is 27.9 Å². The van der Waals surface area contributed by atoms with Crippen molar-refractivity contribution in [1.82, 2.24) is 0 Å². The minimum Gasteiger partial charge on any atom is -0.462 e. The van der Waals surface area contributed by atoms with Gasteiger partial charge in [-0.05, 0) is 80.5 Å². The van der Waals surface area contributed by atoms with Crippen molar-refractivity contribution in [2.24, 2.45) is 34.5 Å². The molecule has 0 radical (unpaired) electrons. The fourth-order valence-corrected chi connectivity index (χ4v) is 9.19. The van der Waals surface area contributed by atoms with E-state index < -0.39 is 4.87 Å². The Kier molecular flexibility index (Phi) is 5.15. The van der Waals surface area contributed by atoms with Gasteiger partial charge in [0.05, 0.1) is 10.3 Å². The van der Waals surface area contributed by atoms with E-state index in [0.717, 1.165) is 44.9 Å². The van der Waals surface area contributed by atoms with E-state index in [2.05, 4.69) is 13.8 Å². The summed E-state index contributed by atoms with van der Waals surface area (Å²) in [5.41, 5.74) is 0.0808. The van der Waals surface area contributed by atoms with Gasteiger partial charge in [-0.1, -0.05) is 13.8 Å². The van der Waals surface area contributed by atoms with Crippen LogP contribution in [0.1, 0.15) is 79.1 Å². The van der Waals surface area contributed by atoms with Crippen LogP contribution >= 0.6 is 23.2 Å². The molecule has 4 aliphatic rings. The van der Waals surface area contributed by atoms with E-state index in [1.807, 2.05) is 0 Å². The Labute approximate surface area is 179 Å². The summed E-state index contributed by atoms with van der Waals surface area (Å²) in [6.07, 6.45) is 7.71. The summed E-state index contributed by atoms with van der Waals surface area (Å²) >= 11 is 14.4. The summed E-state index contributed by atoms with van der Waals surface area (Å²) in [7, 11) is 0. The zero-order valence-corrected chi connectivity index (χ0v) is 19.1. The first-order valence-corrected chi connectivity index (χ1v) is 11.8. The number of fused-ring (bicyclic) bond motifs is 5. The van der Waals surface area contributed by atoms with Gasteiger partial charge in [-0.15, -0.1) is 23.2 Å². The van der Waals surface area contributed by atoms with Gasteiger partial charge >= 0.3 is 5.97 Å². The number of ether oxygens (including phenoxy) is 1. The van der Waals surface area contributed by atoms with Gasteiger partial charge in [-0.3, -0.25) is 9.59 Å². The Morgan fingerprint density at radius 3 is 2.36 bits per heavy atom. The van der Waals surface area contributed by atoms with Gasteiger partial charge in [0.15, 0.2) is 0 Å². The Morgan fingerprint density at radius 2 is 1.71 bits per heavy atom. The van der Waals surface area contributed by atoms with Gasteiger partial charge in [-0.2, -0.15) is 0 Å². The number of halogens is 2.